The summed E-state index contributed by atoms with van der Waals surface area (Å²) in [5, 5.41) is 23.1. The SMILES string of the molecule is CC1(C)CC(=O)C2=C(C1)N(c1nnc(SCC(=O)Nc3c(Cl)cccc3Cl)s1)C(N)=C(C#N)C2c1ccc(Cl)cc1. The van der Waals surface area contributed by atoms with E-state index in [0.717, 1.165) is 5.56 Å². The number of carbonyl (C=O) groups is 2. The topological polar surface area (TPSA) is 125 Å². The van der Waals surface area contributed by atoms with Gasteiger partial charge in [-0.1, -0.05) is 89.9 Å². The number of aromatic nitrogens is 2. The molecule has 1 aromatic heterocycles. The summed E-state index contributed by atoms with van der Waals surface area (Å²) in [7, 11) is 0. The Morgan fingerprint density at radius 3 is 2.51 bits per heavy atom. The van der Waals surface area contributed by atoms with Gasteiger partial charge in [-0.2, -0.15) is 5.26 Å². The molecule has 1 atom stereocenters. The number of ketones is 1. The van der Waals surface area contributed by atoms with Crippen molar-refractivity contribution < 1.29 is 9.59 Å². The molecule has 0 radical (unpaired) electrons. The zero-order valence-electron chi connectivity index (χ0n) is 21.9. The molecule has 0 saturated carbocycles. The summed E-state index contributed by atoms with van der Waals surface area (Å²) in [5.41, 5.74) is 8.90. The summed E-state index contributed by atoms with van der Waals surface area (Å²) in [4.78, 5) is 27.9. The van der Waals surface area contributed by atoms with Crippen molar-refractivity contribution in [1.29, 1.82) is 5.26 Å². The summed E-state index contributed by atoms with van der Waals surface area (Å²) < 4.78 is 0.509. The van der Waals surface area contributed by atoms with Gasteiger partial charge in [0.05, 0.1) is 39.0 Å². The van der Waals surface area contributed by atoms with Crippen molar-refractivity contribution >= 4 is 80.4 Å². The molecule has 41 heavy (non-hydrogen) atoms. The van der Waals surface area contributed by atoms with E-state index in [1.165, 1.54) is 23.1 Å². The predicted molar refractivity (Wildman–Crippen MR) is 164 cm³/mol. The number of nitrogens with two attached hydrogens (primary N) is 1. The van der Waals surface area contributed by atoms with Crippen LogP contribution in [0.3, 0.4) is 0 Å². The van der Waals surface area contributed by atoms with E-state index in [4.69, 9.17) is 40.5 Å². The molecule has 0 saturated heterocycles. The first-order chi connectivity index (χ1) is 19.5. The number of anilines is 2. The van der Waals surface area contributed by atoms with Crippen LogP contribution in [0.2, 0.25) is 15.1 Å². The second-order valence-electron chi connectivity index (χ2n) is 10.3. The maximum atomic E-state index is 13.6. The summed E-state index contributed by atoms with van der Waals surface area (Å²) in [5.74, 6) is -0.759. The summed E-state index contributed by atoms with van der Waals surface area (Å²) in [6.07, 6.45) is 0.880. The second kappa shape index (κ2) is 11.7. The Hall–Kier alpha value is -3.07. The predicted octanol–water partition coefficient (Wildman–Crippen LogP) is 7.17. The summed E-state index contributed by atoms with van der Waals surface area (Å²) in [6.45, 7) is 4.05. The number of rotatable bonds is 6. The number of nitrogens with one attached hydrogen (secondary N) is 1. The Bertz CT molecular complexity index is 1640. The number of amides is 1. The number of benzene rings is 2. The van der Waals surface area contributed by atoms with Crippen molar-refractivity contribution in [2.75, 3.05) is 16.0 Å². The monoisotopic (exact) mass is 644 g/mol. The zero-order chi connectivity index (χ0) is 29.5. The minimum Gasteiger partial charge on any atom is -0.384 e. The fourth-order valence-corrected chi connectivity index (χ4v) is 7.29. The number of Topliss-reactive ketones (excluding diaryl/α,β-unsaturated/α-hetero) is 1. The fraction of sp³-hybridized carbons (Fsp3) is 0.250. The van der Waals surface area contributed by atoms with E-state index < -0.39 is 5.92 Å². The van der Waals surface area contributed by atoms with Crippen LogP contribution in [0.5, 0.6) is 0 Å². The van der Waals surface area contributed by atoms with Gasteiger partial charge in [-0.3, -0.25) is 14.5 Å². The molecule has 8 nitrogen and oxygen atoms in total. The highest BCUT2D eigenvalue weighted by Crippen LogP contribution is 2.50. The van der Waals surface area contributed by atoms with Crippen LogP contribution in [-0.2, 0) is 9.59 Å². The first-order valence-electron chi connectivity index (χ1n) is 12.4. The lowest BCUT2D eigenvalue weighted by atomic mass is 9.69. The Morgan fingerprint density at radius 1 is 1.17 bits per heavy atom. The molecule has 5 rings (SSSR count). The van der Waals surface area contributed by atoms with Crippen LogP contribution in [0.4, 0.5) is 10.8 Å². The van der Waals surface area contributed by atoms with E-state index in [9.17, 15) is 14.9 Å². The van der Waals surface area contributed by atoms with Crippen LogP contribution >= 0.6 is 57.9 Å². The number of hydrogen-bond acceptors (Lipinski definition) is 9. The lowest BCUT2D eigenvalue weighted by Crippen LogP contribution is -2.42. The number of allylic oxidation sites excluding steroid dienone is 3. The largest absolute Gasteiger partial charge is 0.384 e. The number of hydrogen-bond donors (Lipinski definition) is 2. The van der Waals surface area contributed by atoms with Crippen molar-refractivity contribution in [3.8, 4) is 6.07 Å². The minimum atomic E-state index is -0.616. The Kier molecular flexibility index (Phi) is 8.37. The number of thioether (sulfide) groups is 1. The molecule has 0 spiro atoms. The van der Waals surface area contributed by atoms with Gasteiger partial charge in [0.2, 0.25) is 11.0 Å². The van der Waals surface area contributed by atoms with Crippen LogP contribution in [0, 0.1) is 16.7 Å². The van der Waals surface area contributed by atoms with E-state index in [0.29, 0.717) is 54.3 Å². The van der Waals surface area contributed by atoms with Crippen LogP contribution in [-0.4, -0.2) is 27.6 Å². The molecule has 2 aliphatic rings. The van der Waals surface area contributed by atoms with Crippen LogP contribution in [0.15, 0.2) is 69.5 Å². The fourth-order valence-electron chi connectivity index (χ4n) is 4.99. The first-order valence-corrected chi connectivity index (χ1v) is 15.3. The minimum absolute atomic E-state index is 0.0308. The Labute approximate surface area is 260 Å². The molecule has 1 aliphatic carbocycles. The lowest BCUT2D eigenvalue weighted by Gasteiger charge is -2.42. The third kappa shape index (κ3) is 5.96. The summed E-state index contributed by atoms with van der Waals surface area (Å²) >= 11 is 20.8. The standard InChI is InChI=1S/C28H23Cl3N6O2S2/c1-28(2)10-19-23(20(38)11-28)22(14-6-8-15(29)9-7-14)16(12-32)25(33)37(19)26-35-36-27(41-26)40-13-21(39)34-24-17(30)4-3-5-18(24)31/h3-9,22H,10-11,13,33H2,1-2H3,(H,34,39). The molecule has 2 heterocycles. The van der Waals surface area contributed by atoms with Crippen molar-refractivity contribution in [2.24, 2.45) is 11.1 Å². The normalized spacial score (nSPS) is 18.3. The number of nitriles is 1. The number of nitrogens with zero attached hydrogens (tertiary/aromatic N) is 4. The van der Waals surface area contributed by atoms with Gasteiger partial charge in [0.15, 0.2) is 10.1 Å². The van der Waals surface area contributed by atoms with Crippen LogP contribution < -0.4 is 16.0 Å². The number of carbonyl (C=O) groups excluding carboxylic acids is 2. The van der Waals surface area contributed by atoms with E-state index in [1.54, 1.807) is 35.2 Å². The Morgan fingerprint density at radius 2 is 1.85 bits per heavy atom. The van der Waals surface area contributed by atoms with E-state index in [1.807, 2.05) is 26.0 Å². The molecule has 3 aromatic rings. The molecular weight excluding hydrogens is 623 g/mol. The van der Waals surface area contributed by atoms with Crippen molar-refractivity contribution in [2.45, 2.75) is 36.9 Å². The number of halogens is 3. The van der Waals surface area contributed by atoms with E-state index in [2.05, 4.69) is 21.6 Å². The highest BCUT2D eigenvalue weighted by Gasteiger charge is 2.45. The van der Waals surface area contributed by atoms with Crippen LogP contribution in [0.1, 0.15) is 38.2 Å². The van der Waals surface area contributed by atoms with Gasteiger partial charge in [-0.05, 0) is 41.7 Å². The van der Waals surface area contributed by atoms with Crippen molar-refractivity contribution in [3.63, 3.8) is 0 Å². The Balaban J connectivity index is 1.46. The molecule has 2 aromatic carbocycles. The molecule has 3 N–H and O–H groups in total. The van der Waals surface area contributed by atoms with Gasteiger partial charge < -0.3 is 11.1 Å². The molecular formula is C28H23Cl3N6O2S2. The van der Waals surface area contributed by atoms with Gasteiger partial charge in [0, 0.05) is 22.7 Å². The highest BCUT2D eigenvalue weighted by atomic mass is 35.5. The molecule has 1 amide bonds. The molecule has 1 aliphatic heterocycles. The maximum absolute atomic E-state index is 13.6. The van der Waals surface area contributed by atoms with E-state index in [-0.39, 0.29) is 34.3 Å². The average Bonchev–Trinajstić information content (AvgIpc) is 3.37. The highest BCUT2D eigenvalue weighted by molar-refractivity contribution is 8.01. The second-order valence-corrected chi connectivity index (χ2v) is 13.7. The van der Waals surface area contributed by atoms with Gasteiger partial charge >= 0.3 is 0 Å². The summed E-state index contributed by atoms with van der Waals surface area (Å²) in [6, 6.07) is 14.3. The lowest BCUT2D eigenvalue weighted by molar-refractivity contribution is -0.118. The quantitative estimate of drug-likeness (QED) is 0.270. The average molecular weight is 646 g/mol. The van der Waals surface area contributed by atoms with Crippen molar-refractivity contribution in [3.05, 3.63) is 85.8 Å². The number of para-hydroxylation sites is 1. The first kappa shape index (κ1) is 29.4. The zero-order valence-corrected chi connectivity index (χ0v) is 25.8. The molecule has 0 fully saturated rings. The third-order valence-electron chi connectivity index (χ3n) is 6.73. The molecule has 0 bridgehead atoms. The smallest absolute Gasteiger partial charge is 0.234 e. The molecule has 1 unspecified atom stereocenters. The molecule has 13 heteroatoms. The van der Waals surface area contributed by atoms with E-state index >= 15 is 0 Å². The third-order valence-corrected chi connectivity index (χ3v) is 9.65. The van der Waals surface area contributed by atoms with Gasteiger partial charge in [0.25, 0.3) is 0 Å². The van der Waals surface area contributed by atoms with Gasteiger partial charge in [-0.25, -0.2) is 0 Å². The van der Waals surface area contributed by atoms with Crippen LogP contribution in [0.25, 0.3) is 0 Å². The van der Waals surface area contributed by atoms with Gasteiger partial charge in [0.1, 0.15) is 5.82 Å². The maximum Gasteiger partial charge on any atom is 0.234 e. The van der Waals surface area contributed by atoms with Crippen molar-refractivity contribution in [1.82, 2.24) is 10.2 Å². The molecule has 210 valence electrons. The van der Waals surface area contributed by atoms with Gasteiger partial charge in [-0.15, -0.1) is 10.2 Å².